The summed E-state index contributed by atoms with van der Waals surface area (Å²) >= 11 is 0. The van der Waals surface area contributed by atoms with Crippen molar-refractivity contribution >= 4 is 10.9 Å². The van der Waals surface area contributed by atoms with Crippen LogP contribution in [0.1, 0.15) is 32.3 Å². The molecule has 0 fully saturated rings. The lowest BCUT2D eigenvalue weighted by Gasteiger charge is -2.20. The molecule has 1 aromatic carbocycles. The normalized spacial score (nSPS) is 11.4. The summed E-state index contributed by atoms with van der Waals surface area (Å²) in [5.74, 6) is -0.179. The standard InChI is InChI=1S/C16H21FN2/c1-3-5-9-19(4-2)12-14-11-15(17)10-13-7-6-8-18-16(13)14/h6-8,10-11H,3-5,9,12H2,1-2H3. The van der Waals surface area contributed by atoms with Crippen LogP contribution in [0.5, 0.6) is 0 Å². The molecule has 0 saturated heterocycles. The molecule has 19 heavy (non-hydrogen) atoms. The predicted molar refractivity (Wildman–Crippen MR) is 77.6 cm³/mol. The summed E-state index contributed by atoms with van der Waals surface area (Å²) in [4.78, 5) is 6.74. The van der Waals surface area contributed by atoms with Crippen molar-refractivity contribution in [1.29, 1.82) is 0 Å². The van der Waals surface area contributed by atoms with Crippen LogP contribution in [0.2, 0.25) is 0 Å². The van der Waals surface area contributed by atoms with E-state index in [9.17, 15) is 4.39 Å². The Morgan fingerprint density at radius 3 is 2.84 bits per heavy atom. The number of hydrogen-bond acceptors (Lipinski definition) is 2. The van der Waals surface area contributed by atoms with Gasteiger partial charge >= 0.3 is 0 Å². The number of fused-ring (bicyclic) bond motifs is 1. The molecule has 1 aromatic heterocycles. The van der Waals surface area contributed by atoms with E-state index in [2.05, 4.69) is 23.7 Å². The highest BCUT2D eigenvalue weighted by molar-refractivity contribution is 5.81. The highest BCUT2D eigenvalue weighted by Gasteiger charge is 2.09. The number of hydrogen-bond donors (Lipinski definition) is 0. The van der Waals surface area contributed by atoms with Crippen molar-refractivity contribution in [1.82, 2.24) is 9.88 Å². The third kappa shape index (κ3) is 3.51. The van der Waals surface area contributed by atoms with E-state index < -0.39 is 0 Å². The monoisotopic (exact) mass is 260 g/mol. The van der Waals surface area contributed by atoms with Crippen molar-refractivity contribution in [2.45, 2.75) is 33.2 Å². The molecular formula is C16H21FN2. The number of unbranched alkanes of at least 4 members (excludes halogenated alkanes) is 1. The average Bonchev–Trinajstić information content (AvgIpc) is 2.43. The van der Waals surface area contributed by atoms with Crippen molar-refractivity contribution < 1.29 is 4.39 Å². The molecule has 0 N–H and O–H groups in total. The van der Waals surface area contributed by atoms with Gasteiger partial charge in [0.25, 0.3) is 0 Å². The van der Waals surface area contributed by atoms with Gasteiger partial charge in [0, 0.05) is 18.1 Å². The number of pyridine rings is 1. The van der Waals surface area contributed by atoms with Crippen LogP contribution in [-0.2, 0) is 6.54 Å². The molecule has 0 aliphatic heterocycles. The molecule has 0 bridgehead atoms. The molecule has 2 aromatic rings. The van der Waals surface area contributed by atoms with Gasteiger partial charge in [0.15, 0.2) is 0 Å². The minimum Gasteiger partial charge on any atom is -0.299 e. The summed E-state index contributed by atoms with van der Waals surface area (Å²) in [7, 11) is 0. The first kappa shape index (κ1) is 13.9. The first-order chi connectivity index (χ1) is 9.24. The summed E-state index contributed by atoms with van der Waals surface area (Å²) in [6.45, 7) is 7.13. The van der Waals surface area contributed by atoms with E-state index in [1.54, 1.807) is 18.3 Å². The second-order valence-electron chi connectivity index (χ2n) is 4.86. The van der Waals surface area contributed by atoms with Gasteiger partial charge in [0.1, 0.15) is 5.82 Å². The summed E-state index contributed by atoms with van der Waals surface area (Å²) in [6.07, 6.45) is 4.12. The Kier molecular flexibility index (Phi) is 4.86. The van der Waals surface area contributed by atoms with Crippen molar-refractivity contribution in [3.63, 3.8) is 0 Å². The molecule has 0 atom stereocenters. The molecular weight excluding hydrogens is 239 g/mol. The predicted octanol–water partition coefficient (Wildman–Crippen LogP) is 4.00. The van der Waals surface area contributed by atoms with Crippen molar-refractivity contribution in [3.8, 4) is 0 Å². The molecule has 0 amide bonds. The number of halogens is 1. The van der Waals surface area contributed by atoms with Gasteiger partial charge in [-0.05, 0) is 43.3 Å². The van der Waals surface area contributed by atoms with Gasteiger partial charge in [-0.25, -0.2) is 4.39 Å². The fraction of sp³-hybridized carbons (Fsp3) is 0.438. The minimum atomic E-state index is -0.179. The van der Waals surface area contributed by atoms with E-state index in [4.69, 9.17) is 0 Å². The first-order valence-corrected chi connectivity index (χ1v) is 7.00. The number of benzene rings is 1. The Morgan fingerprint density at radius 2 is 2.11 bits per heavy atom. The van der Waals surface area contributed by atoms with E-state index in [0.29, 0.717) is 0 Å². The number of nitrogens with zero attached hydrogens (tertiary/aromatic N) is 2. The van der Waals surface area contributed by atoms with Gasteiger partial charge < -0.3 is 0 Å². The van der Waals surface area contributed by atoms with Crippen LogP contribution >= 0.6 is 0 Å². The highest BCUT2D eigenvalue weighted by atomic mass is 19.1. The molecule has 3 heteroatoms. The zero-order chi connectivity index (χ0) is 13.7. The van der Waals surface area contributed by atoms with Crippen LogP contribution in [0.3, 0.4) is 0 Å². The second-order valence-corrected chi connectivity index (χ2v) is 4.86. The molecule has 0 radical (unpaired) electrons. The largest absolute Gasteiger partial charge is 0.299 e. The van der Waals surface area contributed by atoms with Crippen molar-refractivity contribution in [2.75, 3.05) is 13.1 Å². The van der Waals surface area contributed by atoms with Crippen molar-refractivity contribution in [3.05, 3.63) is 41.8 Å². The first-order valence-electron chi connectivity index (χ1n) is 7.00. The average molecular weight is 260 g/mol. The van der Waals surface area contributed by atoms with Crippen molar-refractivity contribution in [2.24, 2.45) is 0 Å². The Morgan fingerprint density at radius 1 is 1.26 bits per heavy atom. The summed E-state index contributed by atoms with van der Waals surface area (Å²) in [6, 6.07) is 6.93. The molecule has 0 spiro atoms. The van der Waals surface area contributed by atoms with Crippen LogP contribution in [0.15, 0.2) is 30.5 Å². The van der Waals surface area contributed by atoms with Crippen LogP contribution in [-0.4, -0.2) is 23.0 Å². The van der Waals surface area contributed by atoms with E-state index in [1.165, 1.54) is 12.8 Å². The maximum atomic E-state index is 13.7. The quantitative estimate of drug-likeness (QED) is 0.780. The molecule has 0 aliphatic rings. The second kappa shape index (κ2) is 6.62. The zero-order valence-corrected chi connectivity index (χ0v) is 11.7. The summed E-state index contributed by atoms with van der Waals surface area (Å²) in [5.41, 5.74) is 1.90. The lowest BCUT2D eigenvalue weighted by atomic mass is 10.1. The van der Waals surface area contributed by atoms with Crippen LogP contribution in [0.25, 0.3) is 10.9 Å². The zero-order valence-electron chi connectivity index (χ0n) is 11.7. The maximum Gasteiger partial charge on any atom is 0.124 e. The number of aromatic nitrogens is 1. The van der Waals surface area contributed by atoms with E-state index in [0.717, 1.165) is 36.1 Å². The molecule has 0 aliphatic carbocycles. The van der Waals surface area contributed by atoms with Gasteiger partial charge in [-0.2, -0.15) is 0 Å². The smallest absolute Gasteiger partial charge is 0.124 e. The van der Waals surface area contributed by atoms with Crippen LogP contribution in [0.4, 0.5) is 4.39 Å². The third-order valence-electron chi connectivity index (χ3n) is 3.42. The fourth-order valence-electron chi connectivity index (χ4n) is 2.32. The number of rotatable bonds is 6. The molecule has 2 nitrogen and oxygen atoms in total. The van der Waals surface area contributed by atoms with E-state index in [-0.39, 0.29) is 5.82 Å². The third-order valence-corrected chi connectivity index (χ3v) is 3.42. The molecule has 1 heterocycles. The Labute approximate surface area is 114 Å². The van der Waals surface area contributed by atoms with Gasteiger partial charge in [-0.1, -0.05) is 26.3 Å². The topological polar surface area (TPSA) is 16.1 Å². The Hall–Kier alpha value is -1.48. The fourth-order valence-corrected chi connectivity index (χ4v) is 2.32. The summed E-state index contributed by atoms with van der Waals surface area (Å²) in [5, 5.41) is 0.879. The van der Waals surface area contributed by atoms with Gasteiger partial charge in [0.05, 0.1) is 5.52 Å². The summed E-state index contributed by atoms with van der Waals surface area (Å²) < 4.78 is 13.7. The van der Waals surface area contributed by atoms with Gasteiger partial charge in [0.2, 0.25) is 0 Å². The Balaban J connectivity index is 2.28. The molecule has 2 rings (SSSR count). The molecule has 102 valence electrons. The lowest BCUT2D eigenvalue weighted by molar-refractivity contribution is 0.276. The molecule has 0 saturated carbocycles. The van der Waals surface area contributed by atoms with Gasteiger partial charge in [-0.15, -0.1) is 0 Å². The highest BCUT2D eigenvalue weighted by Crippen LogP contribution is 2.20. The SMILES string of the molecule is CCCCN(CC)Cc1cc(F)cc2cccnc12. The maximum absolute atomic E-state index is 13.7. The minimum absolute atomic E-state index is 0.179. The van der Waals surface area contributed by atoms with Crippen LogP contribution < -0.4 is 0 Å². The lowest BCUT2D eigenvalue weighted by Crippen LogP contribution is -2.24. The Bertz CT molecular complexity index is 539. The van der Waals surface area contributed by atoms with Gasteiger partial charge in [-0.3, -0.25) is 9.88 Å². The van der Waals surface area contributed by atoms with E-state index >= 15 is 0 Å². The van der Waals surface area contributed by atoms with Crippen LogP contribution in [0, 0.1) is 5.82 Å². The van der Waals surface area contributed by atoms with E-state index in [1.807, 2.05) is 12.1 Å². The molecule has 0 unspecified atom stereocenters.